The Labute approximate surface area is 244 Å². The van der Waals surface area contributed by atoms with Crippen LogP contribution in [0.3, 0.4) is 0 Å². The van der Waals surface area contributed by atoms with Crippen LogP contribution in [0.2, 0.25) is 0 Å². The lowest BCUT2D eigenvalue weighted by molar-refractivity contribution is -0.299. The number of hydrogen-bond acceptors (Lipinski definition) is 10. The molecular weight excluding hydrogens is 544 g/mol. The molecule has 0 aliphatic carbocycles. The highest BCUT2D eigenvalue weighted by Gasteiger charge is 2.52. The largest absolute Gasteiger partial charge is 0.496 e. The Morgan fingerprint density at radius 2 is 1.19 bits per heavy atom. The minimum Gasteiger partial charge on any atom is -0.496 e. The topological polar surface area (TPSA) is 127 Å². The van der Waals surface area contributed by atoms with E-state index in [1.54, 1.807) is 7.11 Å². The van der Waals surface area contributed by atoms with Gasteiger partial charge in [0.25, 0.3) is 0 Å². The zero-order chi connectivity index (χ0) is 30.3. The molecule has 0 aromatic heterocycles. The maximum atomic E-state index is 12.2. The molecule has 1 aliphatic rings. The van der Waals surface area contributed by atoms with Crippen LogP contribution >= 0.6 is 0 Å². The van der Waals surface area contributed by atoms with Crippen LogP contribution in [0.15, 0.2) is 84.9 Å². The molecule has 1 N–H and O–H groups in total. The molecule has 5 atom stereocenters. The first kappa shape index (κ1) is 30.7. The number of benzene rings is 3. The first-order chi connectivity index (χ1) is 20.2. The van der Waals surface area contributed by atoms with Crippen molar-refractivity contribution in [2.24, 2.45) is 0 Å². The van der Waals surface area contributed by atoms with E-state index in [-0.39, 0.29) is 6.61 Å². The molecule has 3 aromatic carbocycles. The van der Waals surface area contributed by atoms with Gasteiger partial charge in [0.15, 0.2) is 24.6 Å². The van der Waals surface area contributed by atoms with Crippen LogP contribution in [0.5, 0.6) is 5.75 Å². The first-order valence-electron chi connectivity index (χ1n) is 13.4. The van der Waals surface area contributed by atoms with Gasteiger partial charge in [-0.2, -0.15) is 0 Å². The number of carbonyl (C=O) groups excluding carboxylic acids is 3. The normalized spacial score (nSPS) is 22.1. The summed E-state index contributed by atoms with van der Waals surface area (Å²) in [5.41, 5.74) is 0.930. The van der Waals surface area contributed by atoms with Gasteiger partial charge >= 0.3 is 17.9 Å². The van der Waals surface area contributed by atoms with Crippen molar-refractivity contribution in [3.63, 3.8) is 0 Å². The van der Waals surface area contributed by atoms with Crippen molar-refractivity contribution in [2.45, 2.75) is 57.1 Å². The summed E-state index contributed by atoms with van der Waals surface area (Å²) >= 11 is 0. The molecule has 1 heterocycles. The van der Waals surface area contributed by atoms with Crippen LogP contribution in [0, 0.1) is 0 Å². The summed E-state index contributed by atoms with van der Waals surface area (Å²) in [5, 5.41) is 10.9. The van der Waals surface area contributed by atoms with Gasteiger partial charge in [-0.05, 0) is 17.2 Å². The molecule has 42 heavy (non-hydrogen) atoms. The lowest BCUT2D eigenvalue weighted by atomic mass is 9.79. The quantitative estimate of drug-likeness (QED) is 0.217. The second-order valence-corrected chi connectivity index (χ2v) is 9.71. The second kappa shape index (κ2) is 13.6. The molecule has 1 aliphatic heterocycles. The number of hydrogen-bond donors (Lipinski definition) is 1. The molecule has 4 rings (SSSR count). The van der Waals surface area contributed by atoms with Crippen LogP contribution in [-0.2, 0) is 43.7 Å². The van der Waals surface area contributed by atoms with E-state index in [1.807, 2.05) is 84.9 Å². The molecular formula is C32H34O10. The van der Waals surface area contributed by atoms with Gasteiger partial charge in [0.05, 0.1) is 13.7 Å². The number of aliphatic hydroxyl groups excluding tert-OH is 1. The number of methoxy groups -OCH3 is 1. The second-order valence-electron chi connectivity index (χ2n) is 9.71. The van der Waals surface area contributed by atoms with Crippen LogP contribution in [-0.4, -0.2) is 67.4 Å². The summed E-state index contributed by atoms with van der Waals surface area (Å²) in [6.07, 6.45) is -6.98. The number of esters is 3. The van der Waals surface area contributed by atoms with Crippen molar-refractivity contribution < 1.29 is 47.9 Å². The van der Waals surface area contributed by atoms with Crippen LogP contribution in [0.1, 0.15) is 37.5 Å². The minimum absolute atomic E-state index is 0.262. The maximum Gasteiger partial charge on any atom is 0.303 e. The third kappa shape index (κ3) is 6.62. The number of carbonyl (C=O) groups is 3. The highest BCUT2D eigenvalue weighted by molar-refractivity contribution is 5.68. The molecule has 3 aromatic rings. The Balaban J connectivity index is 1.84. The van der Waals surface area contributed by atoms with E-state index in [1.165, 1.54) is 6.92 Å². The maximum absolute atomic E-state index is 12.2. The van der Waals surface area contributed by atoms with Crippen molar-refractivity contribution in [3.05, 3.63) is 102 Å². The SMILES string of the molecule is COc1ccccc1C(OC[C@H]1O[C@H](O)[C@@H](OC(C)=O)[C@@H](OC(C)=O)[C@@H]1OC(C)=O)(c1ccccc1)c1ccccc1. The zero-order valence-corrected chi connectivity index (χ0v) is 23.8. The Morgan fingerprint density at radius 3 is 1.71 bits per heavy atom. The fourth-order valence-corrected chi connectivity index (χ4v) is 5.22. The van der Waals surface area contributed by atoms with E-state index in [0.29, 0.717) is 11.3 Å². The van der Waals surface area contributed by atoms with Crippen LogP contribution in [0.25, 0.3) is 0 Å². The number of para-hydroxylation sites is 1. The highest BCUT2D eigenvalue weighted by Crippen LogP contribution is 2.45. The van der Waals surface area contributed by atoms with E-state index >= 15 is 0 Å². The Hall–Kier alpha value is -4.25. The fourth-order valence-electron chi connectivity index (χ4n) is 5.22. The summed E-state index contributed by atoms with van der Waals surface area (Å²) < 4.78 is 34.7. The van der Waals surface area contributed by atoms with E-state index in [9.17, 15) is 19.5 Å². The van der Waals surface area contributed by atoms with Crippen LogP contribution < -0.4 is 4.74 Å². The molecule has 0 spiro atoms. The van der Waals surface area contributed by atoms with Gasteiger partial charge in [-0.3, -0.25) is 14.4 Å². The first-order valence-corrected chi connectivity index (χ1v) is 13.4. The summed E-state index contributed by atoms with van der Waals surface area (Å²) in [6.45, 7) is 3.21. The van der Waals surface area contributed by atoms with Crippen LogP contribution in [0.4, 0.5) is 0 Å². The molecule has 0 bridgehead atoms. The average molecular weight is 579 g/mol. The predicted molar refractivity (Wildman–Crippen MR) is 149 cm³/mol. The van der Waals surface area contributed by atoms with Crippen molar-refractivity contribution in [2.75, 3.05) is 13.7 Å². The predicted octanol–water partition coefficient (Wildman–Crippen LogP) is 3.52. The van der Waals surface area contributed by atoms with Crippen molar-refractivity contribution >= 4 is 17.9 Å². The van der Waals surface area contributed by atoms with E-state index in [2.05, 4.69) is 0 Å². The molecule has 1 fully saturated rings. The van der Waals surface area contributed by atoms with Gasteiger partial charge in [0.2, 0.25) is 0 Å². The number of rotatable bonds is 10. The summed E-state index contributed by atoms with van der Waals surface area (Å²) in [5.74, 6) is -1.63. The molecule has 0 saturated carbocycles. The third-order valence-corrected chi connectivity index (χ3v) is 6.83. The summed E-state index contributed by atoms with van der Waals surface area (Å²) in [4.78, 5) is 36.1. The van der Waals surface area contributed by atoms with Gasteiger partial charge in [-0.15, -0.1) is 0 Å². The van der Waals surface area contributed by atoms with Crippen molar-refractivity contribution in [1.29, 1.82) is 0 Å². The van der Waals surface area contributed by atoms with Crippen molar-refractivity contribution in [1.82, 2.24) is 0 Å². The molecule has 10 heteroatoms. The zero-order valence-electron chi connectivity index (χ0n) is 23.8. The van der Waals surface area contributed by atoms with E-state index in [4.69, 9.17) is 28.4 Å². The van der Waals surface area contributed by atoms with Gasteiger partial charge in [0.1, 0.15) is 17.5 Å². The molecule has 0 unspecified atom stereocenters. The monoisotopic (exact) mass is 578 g/mol. The summed E-state index contributed by atoms with van der Waals surface area (Å²) in [7, 11) is 1.57. The molecule has 0 radical (unpaired) electrons. The Bertz CT molecular complexity index is 1320. The molecule has 1 saturated heterocycles. The lowest BCUT2D eigenvalue weighted by Gasteiger charge is -2.44. The Morgan fingerprint density at radius 1 is 0.714 bits per heavy atom. The molecule has 0 amide bonds. The highest BCUT2D eigenvalue weighted by atomic mass is 16.7. The smallest absolute Gasteiger partial charge is 0.303 e. The van der Waals surface area contributed by atoms with Crippen molar-refractivity contribution in [3.8, 4) is 5.75 Å². The fraction of sp³-hybridized carbons (Fsp3) is 0.344. The van der Waals surface area contributed by atoms with E-state index in [0.717, 1.165) is 25.0 Å². The van der Waals surface area contributed by atoms with Gasteiger partial charge in [-0.1, -0.05) is 78.9 Å². The lowest BCUT2D eigenvalue weighted by Crippen LogP contribution is -2.62. The standard InChI is InChI=1S/C32H34O10/c1-20(33)39-28-27(42-31(36)30(41-22(3)35)29(28)40-21(2)34)19-38-32(23-13-7-5-8-14-23,24-15-9-6-10-16-24)25-17-11-12-18-26(25)37-4/h5-18,27-31,36H,19H2,1-4H3/t27-,28-,29+,30+,31+/m1/s1. The third-order valence-electron chi connectivity index (χ3n) is 6.83. The minimum atomic E-state index is -1.72. The average Bonchev–Trinajstić information content (AvgIpc) is 2.97. The molecule has 222 valence electrons. The number of ether oxygens (including phenoxy) is 6. The van der Waals surface area contributed by atoms with E-state index < -0.39 is 54.2 Å². The van der Waals surface area contributed by atoms with Gasteiger partial charge in [-0.25, -0.2) is 0 Å². The summed E-state index contributed by atoms with van der Waals surface area (Å²) in [6, 6.07) is 26.4. The number of aliphatic hydroxyl groups is 1. The van der Waals surface area contributed by atoms with Gasteiger partial charge < -0.3 is 33.5 Å². The molecule has 10 nitrogen and oxygen atoms in total. The Kier molecular flexibility index (Phi) is 9.95. The van der Waals surface area contributed by atoms with Gasteiger partial charge in [0, 0.05) is 26.3 Å².